The van der Waals surface area contributed by atoms with Crippen LogP contribution in [0.1, 0.15) is 32.3 Å². The van der Waals surface area contributed by atoms with Gasteiger partial charge in [-0.15, -0.1) is 0 Å². The maximum absolute atomic E-state index is 2.68. The van der Waals surface area contributed by atoms with Crippen molar-refractivity contribution in [3.63, 3.8) is 0 Å². The van der Waals surface area contributed by atoms with Crippen molar-refractivity contribution in [2.45, 2.75) is 26.7 Å². The maximum atomic E-state index is 2.68. The molecule has 4 aliphatic rings. The van der Waals surface area contributed by atoms with E-state index >= 15 is 0 Å². The van der Waals surface area contributed by atoms with E-state index in [1.54, 1.807) is 5.57 Å². The van der Waals surface area contributed by atoms with Crippen LogP contribution < -0.4 is 0 Å². The molecule has 1 heterocycles. The van der Waals surface area contributed by atoms with Gasteiger partial charge in [-0.2, -0.15) is 0 Å². The highest BCUT2D eigenvalue weighted by Crippen LogP contribution is 2.59. The zero-order chi connectivity index (χ0) is 17.3. The molecule has 1 saturated heterocycles. The Morgan fingerprint density at radius 1 is 1.04 bits per heavy atom. The Labute approximate surface area is 153 Å². The van der Waals surface area contributed by atoms with Crippen LogP contribution in [0.25, 0.3) is 6.08 Å². The van der Waals surface area contributed by atoms with Crippen LogP contribution in [0.5, 0.6) is 0 Å². The SMILES string of the molecule is CC1(C)[C@H]2CC=C(CN3CCN(C/C=C/c4ccccc4)CC3)[C@@H]1C2. The maximum Gasteiger partial charge on any atom is 0.0196 e. The highest BCUT2D eigenvalue weighted by molar-refractivity contribution is 5.48. The Morgan fingerprint density at radius 2 is 1.76 bits per heavy atom. The fourth-order valence-corrected chi connectivity index (χ4v) is 4.95. The summed E-state index contributed by atoms with van der Waals surface area (Å²) in [4.78, 5) is 5.26. The van der Waals surface area contributed by atoms with Crippen LogP contribution in [0, 0.1) is 17.3 Å². The van der Waals surface area contributed by atoms with Crippen LogP contribution in [0.2, 0.25) is 0 Å². The zero-order valence-electron chi connectivity index (χ0n) is 15.8. The first kappa shape index (κ1) is 17.1. The summed E-state index contributed by atoms with van der Waals surface area (Å²) in [5.41, 5.74) is 3.60. The molecule has 134 valence electrons. The predicted octanol–water partition coefficient (Wildman–Crippen LogP) is 4.31. The number of hydrogen-bond donors (Lipinski definition) is 0. The zero-order valence-corrected chi connectivity index (χ0v) is 15.8. The van der Waals surface area contributed by atoms with Crippen molar-refractivity contribution >= 4 is 6.08 Å². The lowest BCUT2D eigenvalue weighted by Crippen LogP contribution is -2.52. The van der Waals surface area contributed by atoms with Crippen molar-refractivity contribution in [1.29, 1.82) is 0 Å². The monoisotopic (exact) mass is 336 g/mol. The summed E-state index contributed by atoms with van der Waals surface area (Å²) in [6.07, 6.45) is 9.89. The molecule has 0 aromatic heterocycles. The van der Waals surface area contributed by atoms with Crippen molar-refractivity contribution in [1.82, 2.24) is 9.80 Å². The van der Waals surface area contributed by atoms with E-state index in [0.717, 1.165) is 18.4 Å². The highest BCUT2D eigenvalue weighted by atomic mass is 15.3. The molecule has 0 unspecified atom stereocenters. The number of fused-ring (bicyclic) bond motifs is 1. The molecule has 0 radical (unpaired) electrons. The summed E-state index contributed by atoms with van der Waals surface area (Å²) in [5, 5.41) is 0. The Kier molecular flexibility index (Phi) is 4.84. The third-order valence-electron chi connectivity index (χ3n) is 6.93. The first-order chi connectivity index (χ1) is 12.1. The van der Waals surface area contributed by atoms with E-state index in [4.69, 9.17) is 0 Å². The van der Waals surface area contributed by atoms with Crippen molar-refractivity contribution < 1.29 is 0 Å². The summed E-state index contributed by atoms with van der Waals surface area (Å²) in [6.45, 7) is 12.1. The third kappa shape index (κ3) is 3.61. The third-order valence-corrected chi connectivity index (χ3v) is 6.93. The average Bonchev–Trinajstić information content (AvgIpc) is 2.64. The number of hydrogen-bond acceptors (Lipinski definition) is 2. The standard InChI is InChI=1S/C23H32N2/c1-23(2)21-11-10-20(22(23)17-21)18-25-15-13-24(14-16-25)12-6-9-19-7-4-3-5-8-19/h3-10,21-22H,11-18H2,1-2H3/b9-6+/t21-,22-/m0/s1. The minimum Gasteiger partial charge on any atom is -0.297 e. The van der Waals surface area contributed by atoms with Crippen molar-refractivity contribution in [2.24, 2.45) is 17.3 Å². The molecule has 0 spiro atoms. The molecule has 25 heavy (non-hydrogen) atoms. The smallest absolute Gasteiger partial charge is 0.0196 e. The summed E-state index contributed by atoms with van der Waals surface area (Å²) < 4.78 is 0. The molecule has 1 aromatic carbocycles. The first-order valence-electron chi connectivity index (χ1n) is 9.98. The van der Waals surface area contributed by atoms with Gasteiger partial charge in [-0.3, -0.25) is 9.80 Å². The lowest BCUT2D eigenvalue weighted by molar-refractivity contribution is -0.0119. The Morgan fingerprint density at radius 3 is 2.44 bits per heavy atom. The van der Waals surface area contributed by atoms with Gasteiger partial charge in [0.1, 0.15) is 0 Å². The van der Waals surface area contributed by atoms with Gasteiger partial charge in [-0.25, -0.2) is 0 Å². The second-order valence-corrected chi connectivity index (χ2v) is 8.71. The largest absolute Gasteiger partial charge is 0.297 e. The van der Waals surface area contributed by atoms with Gasteiger partial charge >= 0.3 is 0 Å². The van der Waals surface area contributed by atoms with Crippen LogP contribution >= 0.6 is 0 Å². The average molecular weight is 337 g/mol. The molecular weight excluding hydrogens is 304 g/mol. The molecule has 0 amide bonds. The molecule has 2 heteroatoms. The van der Waals surface area contributed by atoms with Crippen molar-refractivity contribution in [3.8, 4) is 0 Å². The van der Waals surface area contributed by atoms with Gasteiger partial charge in [0, 0.05) is 39.3 Å². The predicted molar refractivity (Wildman–Crippen MR) is 106 cm³/mol. The fraction of sp³-hybridized carbons (Fsp3) is 0.565. The van der Waals surface area contributed by atoms with Gasteiger partial charge in [-0.1, -0.05) is 68.0 Å². The van der Waals surface area contributed by atoms with E-state index in [0.29, 0.717) is 5.41 Å². The van der Waals surface area contributed by atoms with E-state index in [9.17, 15) is 0 Å². The van der Waals surface area contributed by atoms with Gasteiger partial charge in [-0.05, 0) is 35.7 Å². The van der Waals surface area contributed by atoms with Gasteiger partial charge in [0.05, 0.1) is 0 Å². The summed E-state index contributed by atoms with van der Waals surface area (Å²) in [7, 11) is 0. The van der Waals surface area contributed by atoms with Gasteiger partial charge in [0.25, 0.3) is 0 Å². The molecule has 2 bridgehead atoms. The highest BCUT2D eigenvalue weighted by Gasteiger charge is 2.51. The summed E-state index contributed by atoms with van der Waals surface area (Å²) >= 11 is 0. The summed E-state index contributed by atoms with van der Waals surface area (Å²) in [5.74, 6) is 1.81. The number of piperazine rings is 1. The van der Waals surface area contributed by atoms with Gasteiger partial charge < -0.3 is 0 Å². The van der Waals surface area contributed by atoms with Crippen LogP contribution in [-0.4, -0.2) is 49.1 Å². The molecule has 1 saturated carbocycles. The molecule has 1 aliphatic heterocycles. The minimum atomic E-state index is 0.564. The lowest BCUT2D eigenvalue weighted by Gasteiger charge is -2.57. The van der Waals surface area contributed by atoms with Gasteiger partial charge in [0.2, 0.25) is 0 Å². The fourth-order valence-electron chi connectivity index (χ4n) is 4.95. The summed E-state index contributed by atoms with van der Waals surface area (Å²) in [6, 6.07) is 10.6. The topological polar surface area (TPSA) is 6.48 Å². The molecule has 2 atom stereocenters. The molecular formula is C23H32N2. The molecule has 3 aliphatic carbocycles. The van der Waals surface area contributed by atoms with Crippen LogP contribution in [0.15, 0.2) is 48.1 Å². The second kappa shape index (κ2) is 7.09. The Hall–Kier alpha value is -1.38. The number of nitrogens with zero attached hydrogens (tertiary/aromatic N) is 2. The molecule has 0 N–H and O–H groups in total. The normalized spacial score (nSPS) is 29.4. The molecule has 5 rings (SSSR count). The van der Waals surface area contributed by atoms with Gasteiger partial charge in [0.15, 0.2) is 0 Å². The number of allylic oxidation sites excluding steroid dienone is 1. The first-order valence-corrected chi connectivity index (χ1v) is 9.98. The number of benzene rings is 1. The second-order valence-electron chi connectivity index (χ2n) is 8.71. The van der Waals surface area contributed by atoms with Crippen LogP contribution in [-0.2, 0) is 0 Å². The Bertz CT molecular complexity index is 635. The molecule has 2 fully saturated rings. The molecule has 1 aromatic rings. The minimum absolute atomic E-state index is 0.564. The van der Waals surface area contributed by atoms with E-state index in [1.165, 1.54) is 51.1 Å². The van der Waals surface area contributed by atoms with Crippen LogP contribution in [0.3, 0.4) is 0 Å². The van der Waals surface area contributed by atoms with Crippen LogP contribution in [0.4, 0.5) is 0 Å². The lowest BCUT2D eigenvalue weighted by atomic mass is 9.49. The Balaban J connectivity index is 1.22. The van der Waals surface area contributed by atoms with E-state index in [2.05, 4.69) is 72.2 Å². The van der Waals surface area contributed by atoms with E-state index in [1.807, 2.05) is 0 Å². The van der Waals surface area contributed by atoms with E-state index in [-0.39, 0.29) is 0 Å². The quantitative estimate of drug-likeness (QED) is 0.739. The molecule has 2 nitrogen and oxygen atoms in total. The van der Waals surface area contributed by atoms with Crippen molar-refractivity contribution in [3.05, 3.63) is 53.6 Å². The number of rotatable bonds is 5. The van der Waals surface area contributed by atoms with Crippen molar-refractivity contribution in [2.75, 3.05) is 39.3 Å². The van der Waals surface area contributed by atoms with E-state index < -0.39 is 0 Å².